The van der Waals surface area contributed by atoms with E-state index in [1.807, 2.05) is 77.5 Å². The standard InChI is InChI=1S/C24H24N4O3/c1-29-19-14-21(30-2)20(22(15-19)31-3)16-25-28-23(17-10-6-4-7-11-17)26-27-24(28)18-12-8-5-9-13-18/h4-15,25H,16H2,1-3H3. The van der Waals surface area contributed by atoms with E-state index in [0.29, 0.717) is 35.4 Å². The van der Waals surface area contributed by atoms with Gasteiger partial charge in [0.25, 0.3) is 0 Å². The highest BCUT2D eigenvalue weighted by molar-refractivity contribution is 5.63. The fourth-order valence-electron chi connectivity index (χ4n) is 3.39. The molecule has 31 heavy (non-hydrogen) atoms. The fourth-order valence-corrected chi connectivity index (χ4v) is 3.39. The molecule has 0 aliphatic carbocycles. The van der Waals surface area contributed by atoms with Crippen molar-refractivity contribution in [2.45, 2.75) is 6.54 Å². The molecule has 0 aliphatic rings. The first-order valence-electron chi connectivity index (χ1n) is 9.84. The lowest BCUT2D eigenvalue weighted by Gasteiger charge is -2.18. The number of methoxy groups -OCH3 is 3. The molecule has 0 saturated carbocycles. The fraction of sp³-hybridized carbons (Fsp3) is 0.167. The molecular weight excluding hydrogens is 392 g/mol. The third-order valence-electron chi connectivity index (χ3n) is 4.96. The highest BCUT2D eigenvalue weighted by Crippen LogP contribution is 2.34. The van der Waals surface area contributed by atoms with Crippen molar-refractivity contribution in [1.29, 1.82) is 0 Å². The Balaban J connectivity index is 1.76. The van der Waals surface area contributed by atoms with E-state index in [1.54, 1.807) is 21.3 Å². The number of benzene rings is 3. The minimum absolute atomic E-state index is 0.425. The van der Waals surface area contributed by atoms with Crippen LogP contribution in [-0.2, 0) is 6.54 Å². The van der Waals surface area contributed by atoms with Gasteiger partial charge < -0.3 is 19.6 Å². The summed E-state index contributed by atoms with van der Waals surface area (Å²) in [4.78, 5) is 0. The van der Waals surface area contributed by atoms with Crippen molar-refractivity contribution in [2.75, 3.05) is 26.8 Å². The van der Waals surface area contributed by atoms with Crippen LogP contribution < -0.4 is 19.6 Å². The van der Waals surface area contributed by atoms with E-state index in [4.69, 9.17) is 14.2 Å². The van der Waals surface area contributed by atoms with Crippen molar-refractivity contribution >= 4 is 0 Å². The van der Waals surface area contributed by atoms with Crippen molar-refractivity contribution in [2.24, 2.45) is 0 Å². The van der Waals surface area contributed by atoms with E-state index in [-0.39, 0.29) is 0 Å². The van der Waals surface area contributed by atoms with Gasteiger partial charge in [0.2, 0.25) is 0 Å². The summed E-state index contributed by atoms with van der Waals surface area (Å²) < 4.78 is 18.4. The first-order valence-corrected chi connectivity index (χ1v) is 9.84. The number of nitrogens with one attached hydrogen (secondary N) is 1. The number of nitrogens with zero attached hydrogens (tertiary/aromatic N) is 3. The first-order chi connectivity index (χ1) is 15.2. The van der Waals surface area contributed by atoms with Crippen LogP contribution in [0, 0.1) is 0 Å². The highest BCUT2D eigenvalue weighted by atomic mass is 16.5. The van der Waals surface area contributed by atoms with Gasteiger partial charge in [-0.2, -0.15) is 0 Å². The minimum Gasteiger partial charge on any atom is -0.496 e. The van der Waals surface area contributed by atoms with Gasteiger partial charge in [-0.3, -0.25) is 0 Å². The molecule has 0 aliphatic heterocycles. The summed E-state index contributed by atoms with van der Waals surface area (Å²) in [6, 6.07) is 23.6. The average Bonchev–Trinajstić information content (AvgIpc) is 3.27. The van der Waals surface area contributed by atoms with Crippen LogP contribution in [0.25, 0.3) is 22.8 Å². The molecular formula is C24H24N4O3. The predicted octanol–water partition coefficient (Wildman–Crippen LogP) is 4.38. The van der Waals surface area contributed by atoms with Crippen molar-refractivity contribution in [1.82, 2.24) is 14.9 Å². The SMILES string of the molecule is COc1cc(OC)c(CNn2c(-c3ccccc3)nnc2-c2ccccc2)c(OC)c1. The summed E-state index contributed by atoms with van der Waals surface area (Å²) in [5.41, 5.74) is 6.23. The number of hydrogen-bond donors (Lipinski definition) is 1. The normalized spacial score (nSPS) is 10.5. The molecule has 1 N–H and O–H groups in total. The molecule has 4 rings (SSSR count). The van der Waals surface area contributed by atoms with Crippen molar-refractivity contribution in [3.8, 4) is 40.0 Å². The summed E-state index contributed by atoms with van der Waals surface area (Å²) in [5, 5.41) is 8.91. The second-order valence-electron chi connectivity index (χ2n) is 6.76. The summed E-state index contributed by atoms with van der Waals surface area (Å²) in [6.07, 6.45) is 0. The Morgan fingerprint density at radius 3 is 1.61 bits per heavy atom. The summed E-state index contributed by atoms with van der Waals surface area (Å²) in [5.74, 6) is 3.42. The molecule has 0 bridgehead atoms. The molecule has 0 fully saturated rings. The Morgan fingerprint density at radius 1 is 0.710 bits per heavy atom. The van der Waals surface area contributed by atoms with Crippen LogP contribution in [0.5, 0.6) is 17.2 Å². The van der Waals surface area contributed by atoms with Crippen molar-refractivity contribution < 1.29 is 14.2 Å². The van der Waals surface area contributed by atoms with Gasteiger partial charge in [0.1, 0.15) is 17.2 Å². The van der Waals surface area contributed by atoms with Crippen LogP contribution in [-0.4, -0.2) is 36.2 Å². The van der Waals surface area contributed by atoms with Crippen LogP contribution in [0.2, 0.25) is 0 Å². The lowest BCUT2D eigenvalue weighted by atomic mass is 10.1. The lowest BCUT2D eigenvalue weighted by molar-refractivity contribution is 0.369. The molecule has 0 unspecified atom stereocenters. The van der Waals surface area contributed by atoms with Crippen molar-refractivity contribution in [3.63, 3.8) is 0 Å². The van der Waals surface area contributed by atoms with E-state index in [2.05, 4.69) is 15.6 Å². The Bertz CT molecular complexity index is 1060. The summed E-state index contributed by atoms with van der Waals surface area (Å²) in [6.45, 7) is 0.425. The largest absolute Gasteiger partial charge is 0.496 e. The Labute approximate surface area is 181 Å². The van der Waals surface area contributed by atoms with Crippen molar-refractivity contribution in [3.05, 3.63) is 78.4 Å². The zero-order valence-electron chi connectivity index (χ0n) is 17.7. The average molecular weight is 416 g/mol. The molecule has 0 spiro atoms. The van der Waals surface area contributed by atoms with Gasteiger partial charge in [0.15, 0.2) is 11.6 Å². The van der Waals surface area contributed by atoms with Gasteiger partial charge >= 0.3 is 0 Å². The number of ether oxygens (including phenoxy) is 3. The molecule has 1 heterocycles. The summed E-state index contributed by atoms with van der Waals surface area (Å²) in [7, 11) is 4.87. The molecule has 158 valence electrons. The van der Waals surface area contributed by atoms with Crippen LogP contribution in [0.3, 0.4) is 0 Å². The molecule has 7 nitrogen and oxygen atoms in total. The maximum atomic E-state index is 5.59. The van der Waals surface area contributed by atoms with Crippen LogP contribution in [0.1, 0.15) is 5.56 Å². The number of hydrogen-bond acceptors (Lipinski definition) is 6. The Morgan fingerprint density at radius 2 is 1.19 bits per heavy atom. The molecule has 3 aromatic carbocycles. The molecule has 0 radical (unpaired) electrons. The predicted molar refractivity (Wildman–Crippen MR) is 120 cm³/mol. The Kier molecular flexibility index (Phi) is 6.03. The molecule has 4 aromatic rings. The third-order valence-corrected chi connectivity index (χ3v) is 4.96. The third kappa shape index (κ3) is 4.16. The molecule has 0 atom stereocenters. The lowest BCUT2D eigenvalue weighted by Crippen LogP contribution is -2.18. The van der Waals surface area contributed by atoms with Gasteiger partial charge in [-0.25, -0.2) is 4.68 Å². The number of aromatic nitrogens is 3. The van der Waals surface area contributed by atoms with Crippen LogP contribution in [0.15, 0.2) is 72.8 Å². The van der Waals surface area contributed by atoms with Gasteiger partial charge in [-0.15, -0.1) is 10.2 Å². The van der Waals surface area contributed by atoms with Gasteiger partial charge in [0, 0.05) is 23.3 Å². The van der Waals surface area contributed by atoms with Crippen LogP contribution >= 0.6 is 0 Å². The quantitative estimate of drug-likeness (QED) is 0.460. The second kappa shape index (κ2) is 9.21. The monoisotopic (exact) mass is 416 g/mol. The molecule has 1 aromatic heterocycles. The van der Waals surface area contributed by atoms with E-state index in [9.17, 15) is 0 Å². The van der Waals surface area contributed by atoms with E-state index < -0.39 is 0 Å². The topological polar surface area (TPSA) is 70.4 Å². The maximum Gasteiger partial charge on any atom is 0.182 e. The van der Waals surface area contributed by atoms with Gasteiger partial charge in [-0.1, -0.05) is 60.7 Å². The van der Waals surface area contributed by atoms with Gasteiger partial charge in [0.05, 0.1) is 33.4 Å². The van der Waals surface area contributed by atoms with E-state index in [0.717, 1.165) is 16.7 Å². The van der Waals surface area contributed by atoms with Crippen LogP contribution in [0.4, 0.5) is 0 Å². The minimum atomic E-state index is 0.425. The second-order valence-corrected chi connectivity index (χ2v) is 6.76. The Hall–Kier alpha value is -4.00. The smallest absolute Gasteiger partial charge is 0.182 e. The van der Waals surface area contributed by atoms with E-state index in [1.165, 1.54) is 0 Å². The first kappa shape index (κ1) is 20.3. The van der Waals surface area contributed by atoms with Gasteiger partial charge in [-0.05, 0) is 0 Å². The molecule has 0 saturated heterocycles. The highest BCUT2D eigenvalue weighted by Gasteiger charge is 2.18. The van der Waals surface area contributed by atoms with E-state index >= 15 is 0 Å². The molecule has 0 amide bonds. The maximum absolute atomic E-state index is 5.59. The zero-order valence-corrected chi connectivity index (χ0v) is 17.7. The number of rotatable bonds is 8. The summed E-state index contributed by atoms with van der Waals surface area (Å²) >= 11 is 0. The molecule has 7 heteroatoms. The zero-order chi connectivity index (χ0) is 21.6.